The van der Waals surface area contributed by atoms with Crippen molar-refractivity contribution in [2.45, 2.75) is 52.4 Å². The fraction of sp³-hybridized carbons (Fsp3) is 0.562. The zero-order valence-electron chi connectivity index (χ0n) is 13.8. The van der Waals surface area contributed by atoms with Gasteiger partial charge in [-0.3, -0.25) is 14.4 Å². The van der Waals surface area contributed by atoms with E-state index in [1.165, 1.54) is 0 Å². The fourth-order valence-electron chi connectivity index (χ4n) is 2.82. The number of amides is 1. The first kappa shape index (κ1) is 16.1. The van der Waals surface area contributed by atoms with E-state index in [4.69, 9.17) is 0 Å². The molecular weight excluding hydrogens is 310 g/mol. The maximum absolute atomic E-state index is 12.4. The van der Waals surface area contributed by atoms with Crippen molar-refractivity contribution >= 4 is 17.2 Å². The van der Waals surface area contributed by atoms with Crippen LogP contribution >= 0.6 is 11.3 Å². The third-order valence-electron chi connectivity index (χ3n) is 4.18. The van der Waals surface area contributed by atoms with Gasteiger partial charge in [0.2, 0.25) is 0 Å². The van der Waals surface area contributed by atoms with E-state index in [2.05, 4.69) is 34.1 Å². The second-order valence-electron chi connectivity index (χ2n) is 6.23. The van der Waals surface area contributed by atoms with Gasteiger partial charge in [0, 0.05) is 37.3 Å². The van der Waals surface area contributed by atoms with Crippen LogP contribution in [0.5, 0.6) is 0 Å². The van der Waals surface area contributed by atoms with Crippen molar-refractivity contribution in [3.8, 4) is 0 Å². The lowest BCUT2D eigenvalue weighted by atomic mass is 10.2. The van der Waals surface area contributed by atoms with Gasteiger partial charge in [-0.05, 0) is 33.3 Å². The minimum Gasteiger partial charge on any atom is -0.342 e. The molecule has 1 atom stereocenters. The molecule has 0 saturated carbocycles. The summed E-state index contributed by atoms with van der Waals surface area (Å²) < 4.78 is 1.98. The molecule has 0 aromatic carbocycles. The van der Waals surface area contributed by atoms with Crippen LogP contribution in [0, 0.1) is 0 Å². The first-order valence-corrected chi connectivity index (χ1v) is 8.93. The molecule has 1 N–H and O–H groups in total. The summed E-state index contributed by atoms with van der Waals surface area (Å²) in [7, 11) is 0. The zero-order chi connectivity index (χ0) is 16.4. The molecule has 7 heteroatoms. The van der Waals surface area contributed by atoms with E-state index >= 15 is 0 Å². The third kappa shape index (κ3) is 3.61. The van der Waals surface area contributed by atoms with Crippen LogP contribution in [0.2, 0.25) is 0 Å². The molecule has 6 nitrogen and oxygen atoms in total. The molecule has 0 fully saturated rings. The number of thiazole rings is 1. The molecule has 0 saturated heterocycles. The van der Waals surface area contributed by atoms with Crippen molar-refractivity contribution in [2.24, 2.45) is 0 Å². The Bertz CT molecular complexity index is 664. The average molecular weight is 333 g/mol. The molecule has 2 aromatic rings. The van der Waals surface area contributed by atoms with E-state index < -0.39 is 0 Å². The highest BCUT2D eigenvalue weighted by molar-refractivity contribution is 7.09. The molecule has 3 heterocycles. The van der Waals surface area contributed by atoms with E-state index in [0.29, 0.717) is 11.7 Å². The average Bonchev–Trinajstić information content (AvgIpc) is 3.13. The van der Waals surface area contributed by atoms with Gasteiger partial charge in [-0.15, -0.1) is 11.3 Å². The van der Waals surface area contributed by atoms with E-state index in [1.54, 1.807) is 17.5 Å². The molecule has 0 bridgehead atoms. The van der Waals surface area contributed by atoms with Crippen molar-refractivity contribution in [3.63, 3.8) is 0 Å². The van der Waals surface area contributed by atoms with Crippen molar-refractivity contribution < 1.29 is 4.79 Å². The Kier molecular flexibility index (Phi) is 4.77. The third-order valence-corrected chi connectivity index (χ3v) is 5.13. The Morgan fingerprint density at radius 3 is 2.87 bits per heavy atom. The van der Waals surface area contributed by atoms with Gasteiger partial charge in [-0.25, -0.2) is 4.98 Å². The van der Waals surface area contributed by atoms with Crippen LogP contribution in [-0.4, -0.2) is 38.2 Å². The van der Waals surface area contributed by atoms with Gasteiger partial charge >= 0.3 is 0 Å². The minimum absolute atomic E-state index is 0.101. The maximum Gasteiger partial charge on any atom is 0.272 e. The van der Waals surface area contributed by atoms with E-state index in [1.807, 2.05) is 23.1 Å². The lowest BCUT2D eigenvalue weighted by molar-refractivity contribution is 0.0934. The van der Waals surface area contributed by atoms with E-state index in [-0.39, 0.29) is 11.9 Å². The van der Waals surface area contributed by atoms with Crippen LogP contribution in [0.25, 0.3) is 0 Å². The lowest BCUT2D eigenvalue weighted by Gasteiger charge is -2.23. The molecule has 0 aliphatic carbocycles. The van der Waals surface area contributed by atoms with Gasteiger partial charge in [-0.2, -0.15) is 5.10 Å². The Labute approximate surface area is 140 Å². The smallest absolute Gasteiger partial charge is 0.272 e. The van der Waals surface area contributed by atoms with Crippen LogP contribution in [0.1, 0.15) is 54.4 Å². The number of hydrogen-bond donors (Lipinski definition) is 1. The fourth-order valence-corrected chi connectivity index (χ4v) is 3.47. The molecule has 3 rings (SSSR count). The molecule has 0 unspecified atom stereocenters. The Balaban J connectivity index is 1.72. The summed E-state index contributed by atoms with van der Waals surface area (Å²) in [5.41, 5.74) is 1.61. The van der Waals surface area contributed by atoms with Crippen molar-refractivity contribution in [3.05, 3.63) is 34.0 Å². The van der Waals surface area contributed by atoms with Gasteiger partial charge in [0.05, 0.1) is 11.7 Å². The summed E-state index contributed by atoms with van der Waals surface area (Å²) in [6.45, 7) is 9.14. The minimum atomic E-state index is -0.135. The Morgan fingerprint density at radius 2 is 2.17 bits per heavy atom. The number of carbonyl (C=O) groups excluding carboxylic acids is 1. The highest BCUT2D eigenvalue weighted by atomic mass is 32.1. The number of aromatic nitrogens is 3. The number of nitrogens with zero attached hydrogens (tertiary/aromatic N) is 4. The van der Waals surface area contributed by atoms with Gasteiger partial charge in [0.25, 0.3) is 5.91 Å². The predicted molar refractivity (Wildman–Crippen MR) is 90.4 cm³/mol. The Morgan fingerprint density at radius 1 is 1.35 bits per heavy atom. The number of aryl methyl sites for hydroxylation is 1. The number of fused-ring (bicyclic) bond motifs is 1. The van der Waals surface area contributed by atoms with Crippen LogP contribution in [0.3, 0.4) is 0 Å². The van der Waals surface area contributed by atoms with E-state index in [9.17, 15) is 4.79 Å². The second kappa shape index (κ2) is 6.80. The summed E-state index contributed by atoms with van der Waals surface area (Å²) in [6.07, 6.45) is 2.81. The highest BCUT2D eigenvalue weighted by Crippen LogP contribution is 2.18. The standard InChI is InChI=1S/C16H23N5OS/c1-11(2)20-6-4-7-21-13(10-20)9-14(19-21)15(22)18-12(3)16-17-5-8-23-16/h5,8-9,11-12H,4,6-7,10H2,1-3H3,(H,18,22)/t12-/m0/s1. The molecule has 1 aliphatic heterocycles. The molecule has 1 aliphatic rings. The normalized spacial score (nSPS) is 16.9. The topological polar surface area (TPSA) is 63.1 Å². The summed E-state index contributed by atoms with van der Waals surface area (Å²) in [5, 5.41) is 10.3. The highest BCUT2D eigenvalue weighted by Gasteiger charge is 2.22. The summed E-state index contributed by atoms with van der Waals surface area (Å²) in [5.74, 6) is -0.135. The molecule has 0 spiro atoms. The van der Waals surface area contributed by atoms with Crippen LogP contribution in [0.4, 0.5) is 0 Å². The number of carbonyl (C=O) groups is 1. The van der Waals surface area contributed by atoms with Gasteiger partial charge in [0.15, 0.2) is 5.69 Å². The maximum atomic E-state index is 12.4. The predicted octanol–water partition coefficient (Wildman–Crippen LogP) is 2.44. The lowest BCUT2D eigenvalue weighted by Crippen LogP contribution is -2.30. The molecule has 23 heavy (non-hydrogen) atoms. The molecule has 0 radical (unpaired) electrons. The van der Waals surface area contributed by atoms with Gasteiger partial charge in [0.1, 0.15) is 5.01 Å². The Hall–Kier alpha value is -1.73. The molecule has 1 amide bonds. The van der Waals surface area contributed by atoms with Crippen LogP contribution in [-0.2, 0) is 13.1 Å². The zero-order valence-corrected chi connectivity index (χ0v) is 14.6. The molecule has 2 aromatic heterocycles. The summed E-state index contributed by atoms with van der Waals surface area (Å²) >= 11 is 1.54. The number of nitrogens with one attached hydrogen (secondary N) is 1. The van der Waals surface area contributed by atoms with Gasteiger partial charge < -0.3 is 5.32 Å². The number of hydrogen-bond acceptors (Lipinski definition) is 5. The largest absolute Gasteiger partial charge is 0.342 e. The van der Waals surface area contributed by atoms with Crippen molar-refractivity contribution in [1.29, 1.82) is 0 Å². The molecular formula is C16H23N5OS. The van der Waals surface area contributed by atoms with Crippen molar-refractivity contribution in [2.75, 3.05) is 6.54 Å². The first-order chi connectivity index (χ1) is 11.0. The van der Waals surface area contributed by atoms with E-state index in [0.717, 1.165) is 36.8 Å². The summed E-state index contributed by atoms with van der Waals surface area (Å²) in [6, 6.07) is 2.32. The summed E-state index contributed by atoms with van der Waals surface area (Å²) in [4.78, 5) is 19.1. The number of rotatable bonds is 4. The van der Waals surface area contributed by atoms with Crippen LogP contribution < -0.4 is 5.32 Å². The SMILES string of the molecule is CC(C)N1CCCn2nc(C(=O)N[C@@H](C)c3nccs3)cc2C1. The van der Waals surface area contributed by atoms with Crippen LogP contribution in [0.15, 0.2) is 17.6 Å². The van der Waals surface area contributed by atoms with Crippen molar-refractivity contribution in [1.82, 2.24) is 25.0 Å². The van der Waals surface area contributed by atoms with Gasteiger partial charge in [-0.1, -0.05) is 0 Å². The first-order valence-electron chi connectivity index (χ1n) is 8.05. The molecule has 124 valence electrons. The monoisotopic (exact) mass is 333 g/mol. The quantitative estimate of drug-likeness (QED) is 0.933. The second-order valence-corrected chi connectivity index (χ2v) is 7.15.